The van der Waals surface area contributed by atoms with Gasteiger partial charge in [0.15, 0.2) is 5.34 Å². The van der Waals surface area contributed by atoms with Gasteiger partial charge in [-0.15, -0.1) is 4.91 Å². The molecule has 0 heterocycles. The fourth-order valence-corrected chi connectivity index (χ4v) is 0. The van der Waals surface area contributed by atoms with Crippen LogP contribution >= 0.6 is 0 Å². The third kappa shape index (κ3) is 450. The Morgan fingerprint density at radius 1 is 1.80 bits per heavy atom. The van der Waals surface area contributed by atoms with E-state index in [2.05, 4.69) is 0 Å². The molecule has 3 nitrogen and oxygen atoms in total. The summed E-state index contributed by atoms with van der Waals surface area (Å²) in [5, 5.41) is 7.89. The number of hydrogen-bond acceptors (Lipinski definition) is 2. The average molecular weight is 87.1 g/mol. The van der Waals surface area contributed by atoms with Crippen molar-refractivity contribution in [3.63, 3.8) is 0 Å². The van der Waals surface area contributed by atoms with E-state index in [4.69, 9.17) is 10.1 Å². The molecule has 5 heteroatoms. The van der Waals surface area contributed by atoms with Crippen LogP contribution in [0.2, 0.25) is 0 Å². The molecule has 0 bridgehead atoms. The number of hydrogen-bond donors (Lipinski definition) is 1. The fraction of sp³-hybridized carbons (Fsp3) is 0. The summed E-state index contributed by atoms with van der Waals surface area (Å²) in [6.07, 6.45) is 0. The molecule has 0 aliphatic rings. The van der Waals surface area contributed by atoms with Crippen molar-refractivity contribution in [2.45, 2.75) is 0 Å². The van der Waals surface area contributed by atoms with Gasteiger partial charge in [-0.2, -0.15) is 0 Å². The van der Waals surface area contributed by atoms with Crippen LogP contribution in [0, 0.1) is 4.91 Å². The molecule has 0 aromatic rings. The molecule has 0 atom stereocenters. The molecule has 5 heavy (non-hydrogen) atoms. The first kappa shape index (κ1) is 18.9. The smallest absolute Gasteiger partial charge is 1.00 e. The zero-order valence-electron chi connectivity index (χ0n) is 3.30. The predicted molar refractivity (Wildman–Crippen MR) is 20.0 cm³/mol. The minimum atomic E-state index is 0. The Hall–Kier alpha value is 0.214. The summed E-state index contributed by atoms with van der Waals surface area (Å²) in [6, 6.07) is 0. The summed E-state index contributed by atoms with van der Waals surface area (Å²) in [7, 11) is 0. The third-order valence-electron chi connectivity index (χ3n) is 0. The van der Waals surface area contributed by atoms with E-state index >= 15 is 0 Å². The Labute approximate surface area is 47.4 Å². The largest absolute Gasteiger partial charge is 1.00 e. The summed E-state index contributed by atoms with van der Waals surface area (Å²) < 4.78 is 0. The number of rotatable bonds is 0. The van der Waals surface area contributed by atoms with Gasteiger partial charge in [0.1, 0.15) is 0 Å². The molecule has 0 aliphatic carbocycles. The van der Waals surface area contributed by atoms with Gasteiger partial charge < -0.3 is 6.63 Å². The Balaban J connectivity index is -0.00000000667. The first-order valence-electron chi connectivity index (χ1n) is 0.383. The van der Waals surface area contributed by atoms with Crippen LogP contribution in [-0.2, 0) is 0 Å². The van der Waals surface area contributed by atoms with Crippen LogP contribution in [0.4, 0.5) is 0 Å². The van der Waals surface area contributed by atoms with Crippen molar-refractivity contribution in [1.82, 2.24) is 0 Å². The molecule has 28 valence electrons. The Kier molecular flexibility index (Phi) is 112. The minimum Gasteiger partial charge on any atom is -1.00 e. The summed E-state index contributed by atoms with van der Waals surface area (Å²) in [5.74, 6) is 0. The van der Waals surface area contributed by atoms with E-state index < -0.39 is 0 Å². The zero-order valence-corrected chi connectivity index (χ0v) is 2.30. The molecule has 0 rings (SSSR count). The van der Waals surface area contributed by atoms with Crippen molar-refractivity contribution in [2.24, 2.45) is 5.34 Å². The Bertz CT molecular complexity index is 21.0. The van der Waals surface area contributed by atoms with Crippen molar-refractivity contribution < 1.29 is 25.5 Å². The molecule has 0 radical (unpaired) electrons. The molecule has 0 amide bonds. The van der Waals surface area contributed by atoms with Crippen molar-refractivity contribution >= 4 is 11.0 Å². The van der Waals surface area contributed by atoms with Crippen LogP contribution in [0.3, 0.4) is 0 Å². The monoisotopic (exact) mass is 87.0 g/mol. The van der Waals surface area contributed by atoms with Gasteiger partial charge in [-0.05, 0) is 11.0 Å². The molecule has 0 fully saturated rings. The second-order valence-electron chi connectivity index (χ2n) is 0.0816. The van der Waals surface area contributed by atoms with Crippen LogP contribution in [0.15, 0.2) is 5.34 Å². The maximum Gasteiger partial charge on any atom is 1.00 e. The Morgan fingerprint density at radius 3 is 1.80 bits per heavy atom. The zero-order chi connectivity index (χ0) is 2.71. The summed E-state index contributed by atoms with van der Waals surface area (Å²) in [4.78, 5) is 8.11. The van der Waals surface area contributed by atoms with Crippen LogP contribution in [0.25, 0.3) is 0 Å². The topological polar surface area (TPSA) is 49.7 Å². The van der Waals surface area contributed by atoms with Crippen LogP contribution in [0.1, 0.15) is 1.43 Å². The molecule has 0 aromatic carbocycles. The van der Waals surface area contributed by atoms with E-state index in [-0.39, 0.29) is 31.3 Å². The van der Waals surface area contributed by atoms with Gasteiger partial charge in [-0.25, -0.2) is 0 Å². The van der Waals surface area contributed by atoms with Gasteiger partial charge in [0.05, 0.1) is 0 Å². The molecule has 0 saturated heterocycles. The maximum absolute atomic E-state index is 8.11. The average Bonchev–Trinajstić information content (AvgIpc) is 0.918. The molecule has 0 spiro atoms. The van der Waals surface area contributed by atoms with E-state index in [9.17, 15) is 0 Å². The molecular formula is H6LiNO2Si. The maximum atomic E-state index is 8.11. The van der Waals surface area contributed by atoms with E-state index in [1.807, 2.05) is 0 Å². The predicted octanol–water partition coefficient (Wildman–Crippen LogP) is -4.19. The van der Waals surface area contributed by atoms with E-state index in [0.717, 1.165) is 0 Å². The molecule has 0 unspecified atom stereocenters. The van der Waals surface area contributed by atoms with Gasteiger partial charge >= 0.3 is 18.9 Å². The second-order valence-corrected chi connectivity index (χ2v) is 0.0816. The number of nitrogens with zero attached hydrogens (tertiary/aromatic N) is 1. The summed E-state index contributed by atoms with van der Waals surface area (Å²) in [6.45, 7) is 0. The molecule has 0 saturated carbocycles. The van der Waals surface area contributed by atoms with Crippen LogP contribution in [-0.4, -0.2) is 16.2 Å². The minimum absolute atomic E-state index is 0. The third-order valence-corrected chi connectivity index (χ3v) is 0. The van der Waals surface area contributed by atoms with E-state index in [0.29, 0.717) is 0 Å². The second kappa shape index (κ2) is 29.5. The van der Waals surface area contributed by atoms with Gasteiger partial charge in [0.25, 0.3) is 0 Å². The van der Waals surface area contributed by atoms with Crippen molar-refractivity contribution in [3.8, 4) is 0 Å². The summed E-state index contributed by atoms with van der Waals surface area (Å²) in [5.41, 5.74) is 0. The van der Waals surface area contributed by atoms with E-state index in [1.54, 1.807) is 0 Å². The normalized spacial score (nSPS) is 2.40. The van der Waals surface area contributed by atoms with Gasteiger partial charge in [0.2, 0.25) is 0 Å². The van der Waals surface area contributed by atoms with Gasteiger partial charge in [0, 0.05) is 0 Å². The molecule has 1 N–H and O–H groups in total. The van der Waals surface area contributed by atoms with Gasteiger partial charge in [-0.1, -0.05) is 0 Å². The fourth-order valence-electron chi connectivity index (χ4n) is 0. The first-order chi connectivity index (χ1) is 1.41. The van der Waals surface area contributed by atoms with Crippen molar-refractivity contribution in [2.75, 3.05) is 0 Å². The SMILES string of the molecule is O=NO.[H-].[Li+].[SiH4]. The first-order valence-corrected chi connectivity index (χ1v) is 0.383. The van der Waals surface area contributed by atoms with E-state index in [1.165, 1.54) is 5.34 Å². The Morgan fingerprint density at radius 2 is 1.80 bits per heavy atom. The standard InChI is InChI=1S/Li.HNO2.H4Si.H/c;2-1-3;;/h;(H,2,3);1H4;/q+1;;;-1. The van der Waals surface area contributed by atoms with Crippen molar-refractivity contribution in [1.29, 1.82) is 0 Å². The molecule has 0 aromatic heterocycles. The van der Waals surface area contributed by atoms with Crippen LogP contribution < -0.4 is 18.9 Å². The summed E-state index contributed by atoms with van der Waals surface area (Å²) >= 11 is 0. The molecular weight excluding hydrogens is 81.0 g/mol. The van der Waals surface area contributed by atoms with Crippen LogP contribution in [0.5, 0.6) is 0 Å². The van der Waals surface area contributed by atoms with Crippen molar-refractivity contribution in [3.05, 3.63) is 4.91 Å². The molecule has 0 aliphatic heterocycles. The van der Waals surface area contributed by atoms with Gasteiger partial charge in [-0.3, -0.25) is 0 Å². The quantitative estimate of drug-likeness (QED) is 0.185.